The summed E-state index contributed by atoms with van der Waals surface area (Å²) in [7, 11) is -2.28. The van der Waals surface area contributed by atoms with Crippen LogP contribution in [0.4, 0.5) is 0 Å². The van der Waals surface area contributed by atoms with Crippen LogP contribution in [-0.2, 0) is 13.6 Å². The predicted octanol–water partition coefficient (Wildman–Crippen LogP) is 2.79. The Bertz CT molecular complexity index is 550. The number of hydrogen-bond acceptors (Lipinski definition) is 7. The number of hydrogen-bond donors (Lipinski definition) is 1. The molecule has 124 valence electrons. The summed E-state index contributed by atoms with van der Waals surface area (Å²) in [5, 5.41) is 0. The van der Waals surface area contributed by atoms with Gasteiger partial charge < -0.3 is 18.5 Å². The predicted molar refractivity (Wildman–Crippen MR) is 82.5 cm³/mol. The quantitative estimate of drug-likeness (QED) is 0.422. The van der Waals surface area contributed by atoms with Crippen LogP contribution in [0.15, 0.2) is 18.2 Å². The Hall–Kier alpha value is -1.40. The first kappa shape index (κ1) is 18.6. The Labute approximate surface area is 130 Å². The van der Waals surface area contributed by atoms with Crippen molar-refractivity contribution in [3.63, 3.8) is 0 Å². The maximum atomic E-state index is 12.8. The summed E-state index contributed by atoms with van der Waals surface area (Å²) < 4.78 is 34.0. The van der Waals surface area contributed by atoms with Gasteiger partial charge in [-0.3, -0.25) is 15.1 Å². The molecule has 1 aromatic rings. The molecule has 2 N–H and O–H groups in total. The van der Waals surface area contributed by atoms with E-state index in [0.29, 0.717) is 17.6 Å². The van der Waals surface area contributed by atoms with Crippen LogP contribution in [0.2, 0.25) is 0 Å². The van der Waals surface area contributed by atoms with Gasteiger partial charge in [-0.2, -0.15) is 0 Å². The first-order chi connectivity index (χ1) is 10.3. The molecular weight excluding hydrogens is 309 g/mol. The van der Waals surface area contributed by atoms with E-state index in [4.69, 9.17) is 24.3 Å². The highest BCUT2D eigenvalue weighted by Gasteiger charge is 2.47. The number of rotatable bonds is 9. The Balaban J connectivity index is 3.14. The van der Waals surface area contributed by atoms with Gasteiger partial charge in [-0.05, 0) is 32.0 Å². The molecule has 0 fully saturated rings. The fourth-order valence-corrected chi connectivity index (χ4v) is 3.23. The van der Waals surface area contributed by atoms with Crippen LogP contribution in [0.3, 0.4) is 0 Å². The molecule has 1 aromatic carbocycles. The van der Waals surface area contributed by atoms with Gasteiger partial charge in [0.15, 0.2) is 11.5 Å². The summed E-state index contributed by atoms with van der Waals surface area (Å²) in [5.41, 5.74) is 4.74. The van der Waals surface area contributed by atoms with Crippen molar-refractivity contribution >= 4 is 13.9 Å². The molecule has 0 saturated heterocycles. The highest BCUT2D eigenvalue weighted by atomic mass is 31.2. The third-order valence-electron chi connectivity index (χ3n) is 2.78. The lowest BCUT2D eigenvalue weighted by atomic mass is 10.2. The summed E-state index contributed by atoms with van der Waals surface area (Å²) in [6.45, 7) is 5.10. The lowest BCUT2D eigenvalue weighted by Gasteiger charge is -2.32. The van der Waals surface area contributed by atoms with Gasteiger partial charge in [0.2, 0.25) is 0 Å². The molecule has 8 heteroatoms. The van der Waals surface area contributed by atoms with Crippen LogP contribution >= 0.6 is 7.60 Å². The zero-order valence-electron chi connectivity index (χ0n) is 13.2. The highest BCUT2D eigenvalue weighted by Crippen LogP contribution is 2.58. The van der Waals surface area contributed by atoms with Gasteiger partial charge in [0.1, 0.15) is 6.29 Å². The number of methoxy groups -OCH3 is 1. The molecule has 0 aliphatic carbocycles. The number of ether oxygens (including phenoxy) is 2. The van der Waals surface area contributed by atoms with Crippen molar-refractivity contribution in [3.8, 4) is 11.5 Å². The van der Waals surface area contributed by atoms with Gasteiger partial charge in [0, 0.05) is 12.5 Å². The first-order valence-electron chi connectivity index (χ1n) is 6.83. The van der Waals surface area contributed by atoms with E-state index in [0.717, 1.165) is 0 Å². The van der Waals surface area contributed by atoms with Gasteiger partial charge in [-0.25, -0.2) is 0 Å². The molecule has 0 aromatic heterocycles. The molecule has 0 spiro atoms. The van der Waals surface area contributed by atoms with E-state index in [2.05, 4.69) is 0 Å². The maximum Gasteiger partial charge on any atom is 0.388 e. The maximum absolute atomic E-state index is 12.8. The highest BCUT2D eigenvalue weighted by molar-refractivity contribution is 7.55. The molecule has 0 aliphatic heterocycles. The Morgan fingerprint density at radius 3 is 2.27 bits per heavy atom. The van der Waals surface area contributed by atoms with Gasteiger partial charge in [0.05, 0.1) is 20.3 Å². The Morgan fingerprint density at radius 2 is 1.82 bits per heavy atom. The topological polar surface area (TPSA) is 97.1 Å². The van der Waals surface area contributed by atoms with Crippen molar-refractivity contribution < 1.29 is 27.9 Å². The Morgan fingerprint density at radius 1 is 1.23 bits per heavy atom. The first-order valence-corrected chi connectivity index (χ1v) is 8.38. The molecule has 22 heavy (non-hydrogen) atoms. The molecule has 0 amide bonds. The molecular formula is C14H22NO6P. The average Bonchev–Trinajstić information content (AvgIpc) is 2.47. The van der Waals surface area contributed by atoms with Crippen LogP contribution in [-0.4, -0.2) is 32.1 Å². The number of carbonyl (C=O) groups excluding carboxylic acids is 1. The molecule has 0 heterocycles. The average molecular weight is 331 g/mol. The summed E-state index contributed by atoms with van der Waals surface area (Å²) in [5.74, 6) is 0.526. The normalized spacial score (nSPS) is 14.2. The third-order valence-corrected chi connectivity index (χ3v) is 5.16. The van der Waals surface area contributed by atoms with Crippen LogP contribution in [0.25, 0.3) is 0 Å². The van der Waals surface area contributed by atoms with Crippen molar-refractivity contribution in [3.05, 3.63) is 23.8 Å². The van der Waals surface area contributed by atoms with E-state index in [9.17, 15) is 9.36 Å². The van der Waals surface area contributed by atoms with Crippen LogP contribution in [0.5, 0.6) is 11.5 Å². The third kappa shape index (κ3) is 4.08. The van der Waals surface area contributed by atoms with Crippen LogP contribution in [0.1, 0.15) is 31.1 Å². The monoisotopic (exact) mass is 331 g/mol. The molecule has 0 aliphatic rings. The second kappa shape index (κ2) is 7.74. The molecule has 0 bridgehead atoms. The smallest absolute Gasteiger partial charge is 0.388 e. The molecule has 7 nitrogen and oxygen atoms in total. The second-order valence-corrected chi connectivity index (χ2v) is 6.92. The van der Waals surface area contributed by atoms with E-state index in [1.807, 2.05) is 0 Å². The largest absolute Gasteiger partial charge is 0.493 e. The lowest BCUT2D eigenvalue weighted by Crippen LogP contribution is -2.43. The van der Waals surface area contributed by atoms with Crippen molar-refractivity contribution in [2.24, 2.45) is 5.73 Å². The number of aldehydes is 1. The number of carbonyl (C=O) groups is 1. The SMILES string of the molecule is CCOP(=O)(OCC)[C@](C)(N)Oc1ccc(C=O)cc1OC. The van der Waals surface area contributed by atoms with E-state index in [1.165, 1.54) is 32.2 Å². The standard InChI is InChI=1S/C14H22NO6P/c1-5-19-22(17,20-6-2)14(3,15)21-12-8-7-11(10-16)9-13(12)18-4/h7-10H,5-6,15H2,1-4H3/t14-/m1/s1. The molecule has 1 atom stereocenters. The Kier molecular flexibility index (Phi) is 6.56. The van der Waals surface area contributed by atoms with Gasteiger partial charge in [0.25, 0.3) is 5.47 Å². The van der Waals surface area contributed by atoms with Gasteiger partial charge in [-0.15, -0.1) is 0 Å². The minimum atomic E-state index is -3.71. The fraction of sp³-hybridized carbons (Fsp3) is 0.500. The van der Waals surface area contributed by atoms with Crippen LogP contribution < -0.4 is 15.2 Å². The fourth-order valence-electron chi connectivity index (χ4n) is 1.75. The molecule has 0 saturated carbocycles. The van der Waals surface area contributed by atoms with Crippen molar-refractivity contribution in [1.29, 1.82) is 0 Å². The summed E-state index contributed by atoms with van der Waals surface area (Å²) >= 11 is 0. The number of nitrogens with two attached hydrogens (primary N) is 1. The van der Waals surface area contributed by atoms with E-state index < -0.39 is 13.1 Å². The molecule has 0 unspecified atom stereocenters. The van der Waals surface area contributed by atoms with E-state index in [1.54, 1.807) is 13.8 Å². The molecule has 1 rings (SSSR count). The van der Waals surface area contributed by atoms with E-state index >= 15 is 0 Å². The van der Waals surface area contributed by atoms with Crippen molar-refractivity contribution in [2.75, 3.05) is 20.3 Å². The van der Waals surface area contributed by atoms with Crippen molar-refractivity contribution in [1.82, 2.24) is 0 Å². The lowest BCUT2D eigenvalue weighted by molar-refractivity contribution is 0.103. The summed E-state index contributed by atoms with van der Waals surface area (Å²) in [4.78, 5) is 10.8. The van der Waals surface area contributed by atoms with Gasteiger partial charge in [-0.1, -0.05) is 0 Å². The molecule has 0 radical (unpaired) electrons. The van der Waals surface area contributed by atoms with Crippen molar-refractivity contribution in [2.45, 2.75) is 26.2 Å². The summed E-state index contributed by atoms with van der Waals surface area (Å²) in [6, 6.07) is 4.54. The minimum absolute atomic E-state index is 0.161. The summed E-state index contributed by atoms with van der Waals surface area (Å²) in [6.07, 6.45) is 0.680. The van der Waals surface area contributed by atoms with E-state index in [-0.39, 0.29) is 19.0 Å². The number of benzene rings is 1. The zero-order chi connectivity index (χ0) is 16.8. The second-order valence-electron chi connectivity index (χ2n) is 4.52. The van der Waals surface area contributed by atoms with Gasteiger partial charge >= 0.3 is 7.60 Å². The minimum Gasteiger partial charge on any atom is -0.493 e. The zero-order valence-corrected chi connectivity index (χ0v) is 14.1. The van der Waals surface area contributed by atoms with Crippen LogP contribution in [0, 0.1) is 0 Å².